The van der Waals surface area contributed by atoms with Gasteiger partial charge in [0.05, 0.1) is 0 Å². The molecule has 2 N–H and O–H groups in total. The van der Waals surface area contributed by atoms with Crippen LogP contribution in [0.2, 0.25) is 0 Å². The van der Waals surface area contributed by atoms with Crippen LogP contribution >= 0.6 is 0 Å². The van der Waals surface area contributed by atoms with Crippen LogP contribution in [0.15, 0.2) is 18.2 Å². The van der Waals surface area contributed by atoms with Crippen LogP contribution in [0, 0.1) is 24.6 Å². The Morgan fingerprint density at radius 3 is 2.93 bits per heavy atom. The van der Waals surface area contributed by atoms with E-state index in [2.05, 4.69) is 11.8 Å². The molecule has 0 aliphatic carbocycles. The maximum Gasteiger partial charge on any atom is 0.124 e. The normalized spacial score (nSPS) is 9.36. The molecule has 0 amide bonds. The molecule has 74 valence electrons. The summed E-state index contributed by atoms with van der Waals surface area (Å²) in [7, 11) is 0. The second kappa shape index (κ2) is 5.41. The fourth-order valence-corrected chi connectivity index (χ4v) is 1.08. The molecule has 0 heterocycles. The molecule has 0 spiro atoms. The van der Waals surface area contributed by atoms with Gasteiger partial charge in [-0.15, -0.1) is 0 Å². The Hall–Kier alpha value is -1.33. The molecule has 0 aliphatic heterocycles. The first-order valence-electron chi connectivity index (χ1n) is 4.69. The van der Waals surface area contributed by atoms with E-state index in [1.165, 1.54) is 12.1 Å². The Labute approximate surface area is 84.1 Å². The molecule has 1 rings (SSSR count). The molecular weight excluding hydrogens is 177 g/mol. The highest BCUT2D eigenvalue weighted by atomic mass is 19.1. The third-order valence-corrected chi connectivity index (χ3v) is 1.93. The van der Waals surface area contributed by atoms with Crippen molar-refractivity contribution in [3.05, 3.63) is 35.1 Å². The van der Waals surface area contributed by atoms with E-state index in [4.69, 9.17) is 5.73 Å². The minimum absolute atomic E-state index is 0.237. The van der Waals surface area contributed by atoms with Crippen LogP contribution < -0.4 is 5.73 Å². The van der Waals surface area contributed by atoms with Gasteiger partial charge in [-0.1, -0.05) is 17.9 Å². The van der Waals surface area contributed by atoms with E-state index in [9.17, 15) is 4.39 Å². The average Bonchev–Trinajstić information content (AvgIpc) is 2.18. The van der Waals surface area contributed by atoms with E-state index in [1.807, 2.05) is 6.92 Å². The summed E-state index contributed by atoms with van der Waals surface area (Å²) in [6.45, 7) is 2.57. The first-order chi connectivity index (χ1) is 6.74. The fraction of sp³-hybridized carbons (Fsp3) is 0.333. The highest BCUT2D eigenvalue weighted by Gasteiger charge is 1.95. The van der Waals surface area contributed by atoms with E-state index in [-0.39, 0.29) is 5.82 Å². The molecule has 0 bridgehead atoms. The predicted octanol–water partition coefficient (Wildman–Crippen LogP) is 2.22. The number of rotatable bonds is 2. The van der Waals surface area contributed by atoms with Crippen LogP contribution in [0.25, 0.3) is 0 Å². The molecule has 0 saturated carbocycles. The van der Waals surface area contributed by atoms with Crippen molar-refractivity contribution in [2.24, 2.45) is 5.73 Å². The van der Waals surface area contributed by atoms with Gasteiger partial charge in [-0.2, -0.15) is 0 Å². The summed E-state index contributed by atoms with van der Waals surface area (Å²) < 4.78 is 12.8. The third kappa shape index (κ3) is 3.20. The number of hydrogen-bond donors (Lipinski definition) is 1. The maximum absolute atomic E-state index is 12.8. The summed E-state index contributed by atoms with van der Waals surface area (Å²) in [4.78, 5) is 0. The molecule has 1 aromatic carbocycles. The van der Waals surface area contributed by atoms with Gasteiger partial charge in [0.15, 0.2) is 0 Å². The van der Waals surface area contributed by atoms with Crippen molar-refractivity contribution in [1.82, 2.24) is 0 Å². The van der Waals surface area contributed by atoms with Gasteiger partial charge in [-0.3, -0.25) is 0 Å². The van der Waals surface area contributed by atoms with Crippen LogP contribution in [0.5, 0.6) is 0 Å². The Morgan fingerprint density at radius 2 is 2.21 bits per heavy atom. The summed E-state index contributed by atoms with van der Waals surface area (Å²) >= 11 is 0. The molecule has 14 heavy (non-hydrogen) atoms. The lowest BCUT2D eigenvalue weighted by Gasteiger charge is -1.96. The first kappa shape index (κ1) is 10.7. The summed E-state index contributed by atoms with van der Waals surface area (Å²) in [6, 6.07) is 4.65. The zero-order valence-electron chi connectivity index (χ0n) is 8.31. The number of aryl methyl sites for hydroxylation is 1. The zero-order chi connectivity index (χ0) is 10.4. The molecule has 0 radical (unpaired) electrons. The van der Waals surface area contributed by atoms with Gasteiger partial charge in [-0.05, 0) is 37.6 Å². The van der Waals surface area contributed by atoms with Crippen molar-refractivity contribution in [3.63, 3.8) is 0 Å². The molecular formula is C12H14FN. The van der Waals surface area contributed by atoms with Crippen LogP contribution in [-0.4, -0.2) is 6.54 Å². The summed E-state index contributed by atoms with van der Waals surface area (Å²) in [5, 5.41) is 0. The summed E-state index contributed by atoms with van der Waals surface area (Å²) in [5.41, 5.74) is 7.11. The smallest absolute Gasteiger partial charge is 0.124 e. The average molecular weight is 191 g/mol. The summed E-state index contributed by atoms with van der Waals surface area (Å²) in [6.07, 6.45) is 1.66. The van der Waals surface area contributed by atoms with Gasteiger partial charge in [0, 0.05) is 12.0 Å². The van der Waals surface area contributed by atoms with Gasteiger partial charge >= 0.3 is 0 Å². The Bertz CT molecular complexity index is 360. The fourth-order valence-electron chi connectivity index (χ4n) is 1.08. The minimum Gasteiger partial charge on any atom is -0.330 e. The van der Waals surface area contributed by atoms with Crippen LogP contribution in [0.4, 0.5) is 4.39 Å². The van der Waals surface area contributed by atoms with Crippen molar-refractivity contribution in [2.75, 3.05) is 6.54 Å². The molecule has 0 saturated heterocycles. The molecule has 1 nitrogen and oxygen atoms in total. The van der Waals surface area contributed by atoms with Crippen molar-refractivity contribution < 1.29 is 4.39 Å². The lowest BCUT2D eigenvalue weighted by molar-refractivity contribution is 0.627. The van der Waals surface area contributed by atoms with E-state index in [1.54, 1.807) is 6.07 Å². The maximum atomic E-state index is 12.8. The van der Waals surface area contributed by atoms with Gasteiger partial charge in [0.25, 0.3) is 0 Å². The lowest BCUT2D eigenvalue weighted by atomic mass is 10.1. The zero-order valence-corrected chi connectivity index (χ0v) is 8.31. The highest BCUT2D eigenvalue weighted by molar-refractivity contribution is 5.40. The quantitative estimate of drug-likeness (QED) is 0.563. The second-order valence-corrected chi connectivity index (χ2v) is 3.15. The largest absolute Gasteiger partial charge is 0.330 e. The number of hydrogen-bond acceptors (Lipinski definition) is 1. The lowest BCUT2D eigenvalue weighted by Crippen LogP contribution is -1.96. The van der Waals surface area contributed by atoms with Crippen LogP contribution in [0.3, 0.4) is 0 Å². The van der Waals surface area contributed by atoms with Gasteiger partial charge in [-0.25, -0.2) is 4.39 Å². The van der Waals surface area contributed by atoms with Crippen LogP contribution in [-0.2, 0) is 0 Å². The molecule has 0 atom stereocenters. The van der Waals surface area contributed by atoms with Crippen molar-refractivity contribution in [3.8, 4) is 11.8 Å². The molecule has 0 aromatic heterocycles. The van der Waals surface area contributed by atoms with E-state index < -0.39 is 0 Å². The Kier molecular flexibility index (Phi) is 4.15. The SMILES string of the molecule is Cc1ccc(F)cc1C#CCCCN. The highest BCUT2D eigenvalue weighted by Crippen LogP contribution is 2.08. The molecule has 0 fully saturated rings. The van der Waals surface area contributed by atoms with Gasteiger partial charge in [0.2, 0.25) is 0 Å². The third-order valence-electron chi connectivity index (χ3n) is 1.93. The molecule has 2 heteroatoms. The van der Waals surface area contributed by atoms with Gasteiger partial charge in [0.1, 0.15) is 5.82 Å². The number of halogens is 1. The second-order valence-electron chi connectivity index (χ2n) is 3.15. The standard InChI is InChI=1S/C12H14FN/c1-10-6-7-12(13)9-11(10)5-3-2-4-8-14/h6-7,9H,2,4,8,14H2,1H3. The molecule has 0 unspecified atom stereocenters. The van der Waals surface area contributed by atoms with Crippen molar-refractivity contribution in [1.29, 1.82) is 0 Å². The Balaban J connectivity index is 2.73. The number of unbranched alkanes of at least 4 members (excludes halogenated alkanes) is 1. The predicted molar refractivity (Wildman–Crippen MR) is 56.3 cm³/mol. The minimum atomic E-state index is -0.237. The Morgan fingerprint density at radius 1 is 1.43 bits per heavy atom. The number of benzene rings is 1. The first-order valence-corrected chi connectivity index (χ1v) is 4.69. The summed E-state index contributed by atoms with van der Waals surface area (Å²) in [5.74, 6) is 5.68. The van der Waals surface area contributed by atoms with Gasteiger partial charge < -0.3 is 5.73 Å². The van der Waals surface area contributed by atoms with E-state index >= 15 is 0 Å². The number of nitrogens with two attached hydrogens (primary N) is 1. The van der Waals surface area contributed by atoms with Crippen molar-refractivity contribution in [2.45, 2.75) is 19.8 Å². The van der Waals surface area contributed by atoms with Crippen molar-refractivity contribution >= 4 is 0 Å². The van der Waals surface area contributed by atoms with Crippen LogP contribution in [0.1, 0.15) is 24.0 Å². The van der Waals surface area contributed by atoms with E-state index in [0.29, 0.717) is 6.54 Å². The topological polar surface area (TPSA) is 26.0 Å². The monoisotopic (exact) mass is 191 g/mol. The molecule has 0 aliphatic rings. The van der Waals surface area contributed by atoms with E-state index in [0.717, 1.165) is 24.0 Å². The molecule has 1 aromatic rings.